The van der Waals surface area contributed by atoms with Gasteiger partial charge < -0.3 is 5.73 Å². The van der Waals surface area contributed by atoms with Crippen molar-refractivity contribution in [1.29, 1.82) is 0 Å². The Balaban J connectivity index is 2.12. The van der Waals surface area contributed by atoms with E-state index in [-0.39, 0.29) is 0 Å². The fraction of sp³-hybridized carbons (Fsp3) is 0.643. The van der Waals surface area contributed by atoms with E-state index in [1.165, 1.54) is 5.56 Å². The van der Waals surface area contributed by atoms with Crippen LogP contribution in [0.15, 0.2) is 24.5 Å². The van der Waals surface area contributed by atoms with Gasteiger partial charge in [-0.25, -0.2) is 0 Å². The topological polar surface area (TPSA) is 42.1 Å². The van der Waals surface area contributed by atoms with Gasteiger partial charge in [0.1, 0.15) is 0 Å². The molecule has 3 heteroatoms. The van der Waals surface area contributed by atoms with Crippen molar-refractivity contribution in [2.45, 2.75) is 45.3 Å². The van der Waals surface area contributed by atoms with E-state index in [2.05, 4.69) is 36.7 Å². The van der Waals surface area contributed by atoms with Gasteiger partial charge in [-0.3, -0.25) is 9.88 Å². The summed E-state index contributed by atoms with van der Waals surface area (Å²) in [4.78, 5) is 6.75. The van der Waals surface area contributed by atoms with Crippen molar-refractivity contribution in [3.8, 4) is 0 Å². The molecule has 1 fully saturated rings. The summed E-state index contributed by atoms with van der Waals surface area (Å²) in [6, 6.07) is 5.48. The van der Waals surface area contributed by atoms with Crippen LogP contribution >= 0.6 is 0 Å². The molecule has 17 heavy (non-hydrogen) atoms. The van der Waals surface area contributed by atoms with E-state index >= 15 is 0 Å². The molecule has 0 amide bonds. The zero-order chi connectivity index (χ0) is 12.4. The van der Waals surface area contributed by atoms with Crippen LogP contribution in [0.2, 0.25) is 0 Å². The molecule has 4 unspecified atom stereocenters. The van der Waals surface area contributed by atoms with Crippen LogP contribution in [0.4, 0.5) is 0 Å². The second-order valence-corrected chi connectivity index (χ2v) is 5.25. The lowest BCUT2D eigenvalue weighted by Gasteiger charge is -2.44. The molecule has 3 nitrogen and oxygen atoms in total. The summed E-state index contributed by atoms with van der Waals surface area (Å²) in [6.45, 7) is 7.90. The molecule has 1 saturated heterocycles. The molecule has 94 valence electrons. The van der Waals surface area contributed by atoms with Gasteiger partial charge in [-0.2, -0.15) is 0 Å². The molecular weight excluding hydrogens is 210 g/mol. The second-order valence-electron chi connectivity index (χ2n) is 5.25. The summed E-state index contributed by atoms with van der Waals surface area (Å²) in [6.07, 6.45) is 4.89. The largest absolute Gasteiger partial charge is 0.327 e. The molecule has 2 heterocycles. The normalized spacial score (nSPS) is 32.4. The number of pyridine rings is 1. The van der Waals surface area contributed by atoms with Crippen LogP contribution in [0, 0.1) is 5.92 Å². The molecule has 0 aliphatic carbocycles. The number of nitrogens with two attached hydrogens (primary N) is 1. The summed E-state index contributed by atoms with van der Waals surface area (Å²) in [5, 5.41) is 0. The molecule has 0 bridgehead atoms. The predicted octanol–water partition coefficient (Wildman–Crippen LogP) is 2.20. The molecule has 1 aliphatic rings. The smallest absolute Gasteiger partial charge is 0.0338 e. The summed E-state index contributed by atoms with van der Waals surface area (Å²) in [7, 11) is 0. The Hall–Kier alpha value is -0.930. The van der Waals surface area contributed by atoms with Gasteiger partial charge in [0.15, 0.2) is 0 Å². The molecule has 1 aromatic heterocycles. The third kappa shape index (κ3) is 2.50. The number of aromatic nitrogens is 1. The molecule has 2 rings (SSSR count). The number of nitrogens with zero attached hydrogens (tertiary/aromatic N) is 2. The molecule has 0 spiro atoms. The summed E-state index contributed by atoms with van der Waals surface area (Å²) in [5.41, 5.74) is 7.42. The third-order valence-corrected chi connectivity index (χ3v) is 4.34. The minimum Gasteiger partial charge on any atom is -0.327 e. The summed E-state index contributed by atoms with van der Waals surface area (Å²) < 4.78 is 0. The van der Waals surface area contributed by atoms with E-state index < -0.39 is 0 Å². The van der Waals surface area contributed by atoms with Gasteiger partial charge in [-0.15, -0.1) is 0 Å². The van der Waals surface area contributed by atoms with Crippen molar-refractivity contribution in [3.63, 3.8) is 0 Å². The number of rotatable bonds is 2. The Bertz CT molecular complexity index is 352. The lowest BCUT2D eigenvalue weighted by Crippen LogP contribution is -2.52. The van der Waals surface area contributed by atoms with Crippen molar-refractivity contribution in [1.82, 2.24) is 9.88 Å². The molecule has 1 aliphatic heterocycles. The van der Waals surface area contributed by atoms with E-state index in [1.54, 1.807) is 0 Å². The van der Waals surface area contributed by atoms with Crippen LogP contribution in [0.1, 0.15) is 38.8 Å². The molecule has 0 aromatic carbocycles. The first-order valence-corrected chi connectivity index (χ1v) is 6.52. The Morgan fingerprint density at radius 2 is 2.24 bits per heavy atom. The minimum atomic E-state index is 0.349. The van der Waals surface area contributed by atoms with E-state index in [0.717, 1.165) is 13.0 Å². The van der Waals surface area contributed by atoms with Crippen LogP contribution < -0.4 is 5.73 Å². The predicted molar refractivity (Wildman–Crippen MR) is 70.6 cm³/mol. The van der Waals surface area contributed by atoms with Crippen LogP contribution in [0.3, 0.4) is 0 Å². The quantitative estimate of drug-likeness (QED) is 0.851. The third-order valence-electron chi connectivity index (χ3n) is 4.34. The molecular formula is C14H23N3. The fourth-order valence-corrected chi connectivity index (χ4v) is 2.79. The highest BCUT2D eigenvalue weighted by Crippen LogP contribution is 2.30. The Labute approximate surface area is 104 Å². The maximum Gasteiger partial charge on any atom is 0.0338 e. The van der Waals surface area contributed by atoms with E-state index in [9.17, 15) is 0 Å². The van der Waals surface area contributed by atoms with Crippen molar-refractivity contribution in [2.24, 2.45) is 11.7 Å². The maximum atomic E-state index is 6.13. The lowest BCUT2D eigenvalue weighted by molar-refractivity contribution is 0.0625. The van der Waals surface area contributed by atoms with Gasteiger partial charge in [-0.1, -0.05) is 13.0 Å². The average molecular weight is 233 g/mol. The zero-order valence-corrected chi connectivity index (χ0v) is 11.0. The summed E-state index contributed by atoms with van der Waals surface area (Å²) >= 11 is 0. The Morgan fingerprint density at radius 3 is 2.88 bits per heavy atom. The van der Waals surface area contributed by atoms with Crippen LogP contribution in [-0.4, -0.2) is 28.5 Å². The van der Waals surface area contributed by atoms with Gasteiger partial charge in [0.25, 0.3) is 0 Å². The molecule has 2 N–H and O–H groups in total. The molecule has 1 aromatic rings. The molecule has 0 radical (unpaired) electrons. The van der Waals surface area contributed by atoms with Crippen LogP contribution in [-0.2, 0) is 0 Å². The first-order valence-electron chi connectivity index (χ1n) is 6.52. The van der Waals surface area contributed by atoms with Crippen molar-refractivity contribution < 1.29 is 0 Å². The zero-order valence-electron chi connectivity index (χ0n) is 11.0. The van der Waals surface area contributed by atoms with Crippen LogP contribution in [0.25, 0.3) is 0 Å². The van der Waals surface area contributed by atoms with Crippen molar-refractivity contribution in [2.75, 3.05) is 6.54 Å². The first kappa shape index (κ1) is 12.5. The number of hydrogen-bond acceptors (Lipinski definition) is 3. The van der Waals surface area contributed by atoms with Gasteiger partial charge in [0.05, 0.1) is 0 Å². The Morgan fingerprint density at radius 1 is 1.47 bits per heavy atom. The fourth-order valence-electron chi connectivity index (χ4n) is 2.79. The first-order chi connectivity index (χ1) is 8.11. The van der Waals surface area contributed by atoms with E-state index in [0.29, 0.717) is 24.0 Å². The number of likely N-dealkylation sites (tertiary alicyclic amines) is 1. The molecule has 4 atom stereocenters. The van der Waals surface area contributed by atoms with Gasteiger partial charge in [0, 0.05) is 37.1 Å². The highest BCUT2D eigenvalue weighted by molar-refractivity contribution is 5.14. The SMILES string of the molecule is CC1C(N)CCN(C(C)c2cccnc2)C1C. The van der Waals surface area contributed by atoms with Crippen LogP contribution in [0.5, 0.6) is 0 Å². The minimum absolute atomic E-state index is 0.349. The van der Waals surface area contributed by atoms with E-state index in [4.69, 9.17) is 5.73 Å². The monoisotopic (exact) mass is 233 g/mol. The number of hydrogen-bond donors (Lipinski definition) is 1. The van der Waals surface area contributed by atoms with E-state index in [1.807, 2.05) is 18.5 Å². The highest BCUT2D eigenvalue weighted by Gasteiger charge is 2.33. The number of piperidine rings is 1. The van der Waals surface area contributed by atoms with Crippen molar-refractivity contribution >= 4 is 0 Å². The Kier molecular flexibility index (Phi) is 3.79. The lowest BCUT2D eigenvalue weighted by atomic mass is 9.86. The van der Waals surface area contributed by atoms with Gasteiger partial charge in [0.2, 0.25) is 0 Å². The standard InChI is InChI=1S/C14H23N3/c1-10-11(2)17(8-6-14(10)15)12(3)13-5-4-7-16-9-13/h4-5,7,9-12,14H,6,8,15H2,1-3H3. The van der Waals surface area contributed by atoms with Crippen molar-refractivity contribution in [3.05, 3.63) is 30.1 Å². The second kappa shape index (κ2) is 5.15. The average Bonchev–Trinajstić information content (AvgIpc) is 2.36. The molecule has 0 saturated carbocycles. The van der Waals surface area contributed by atoms with Gasteiger partial charge in [-0.05, 0) is 37.8 Å². The highest BCUT2D eigenvalue weighted by atomic mass is 15.2. The summed E-state index contributed by atoms with van der Waals surface area (Å²) in [5.74, 6) is 0.558. The maximum absolute atomic E-state index is 6.13. The van der Waals surface area contributed by atoms with Gasteiger partial charge >= 0.3 is 0 Å².